The lowest BCUT2D eigenvalue weighted by molar-refractivity contribution is 0.0674. The maximum Gasteiger partial charge on any atom is 0.132 e. The molecular formula is C22H22O. The van der Waals surface area contributed by atoms with E-state index in [1.54, 1.807) is 6.08 Å². The topological polar surface area (TPSA) is 9.23 Å². The van der Waals surface area contributed by atoms with E-state index in [1.807, 2.05) is 42.5 Å². The molecule has 0 radical (unpaired) electrons. The van der Waals surface area contributed by atoms with Crippen LogP contribution >= 0.6 is 0 Å². The van der Waals surface area contributed by atoms with Gasteiger partial charge in [-0.2, -0.15) is 0 Å². The molecule has 23 heavy (non-hydrogen) atoms. The van der Waals surface area contributed by atoms with Crippen molar-refractivity contribution in [3.63, 3.8) is 0 Å². The third-order valence-electron chi connectivity index (χ3n) is 4.02. The van der Waals surface area contributed by atoms with Crippen LogP contribution in [0, 0.1) is 12.3 Å². The van der Waals surface area contributed by atoms with Gasteiger partial charge in [-0.05, 0) is 17.5 Å². The highest BCUT2D eigenvalue weighted by molar-refractivity contribution is 5.44. The number of ether oxygens (including phenoxy) is 1. The maximum atomic E-state index is 5.97. The van der Waals surface area contributed by atoms with Crippen molar-refractivity contribution < 1.29 is 4.74 Å². The van der Waals surface area contributed by atoms with Crippen molar-refractivity contribution in [3.8, 4) is 12.3 Å². The zero-order chi connectivity index (χ0) is 16.5. The van der Waals surface area contributed by atoms with Gasteiger partial charge in [0, 0.05) is 0 Å². The van der Waals surface area contributed by atoms with E-state index in [0.29, 0.717) is 13.0 Å². The second-order valence-corrected chi connectivity index (χ2v) is 5.36. The summed E-state index contributed by atoms with van der Waals surface area (Å²) in [5, 5.41) is 0. The highest BCUT2D eigenvalue weighted by atomic mass is 16.5. The van der Waals surface area contributed by atoms with Crippen molar-refractivity contribution in [3.05, 3.63) is 97.1 Å². The van der Waals surface area contributed by atoms with E-state index in [1.165, 1.54) is 0 Å². The SMILES string of the molecule is C#CC(OCC=C)C(CC=C)(c1ccccc1)c1ccccc1. The summed E-state index contributed by atoms with van der Waals surface area (Å²) in [6.45, 7) is 8.09. The summed E-state index contributed by atoms with van der Waals surface area (Å²) < 4.78 is 5.97. The predicted octanol–water partition coefficient (Wildman–Crippen LogP) is 4.75. The largest absolute Gasteiger partial charge is 0.360 e. The van der Waals surface area contributed by atoms with Gasteiger partial charge in [0.15, 0.2) is 0 Å². The minimum atomic E-state index is -0.470. The molecule has 0 aliphatic carbocycles. The van der Waals surface area contributed by atoms with Gasteiger partial charge < -0.3 is 4.74 Å². The van der Waals surface area contributed by atoms with Crippen molar-refractivity contribution >= 4 is 0 Å². The van der Waals surface area contributed by atoms with Crippen LogP contribution in [0.2, 0.25) is 0 Å². The van der Waals surface area contributed by atoms with Gasteiger partial charge in [0.1, 0.15) is 6.10 Å². The van der Waals surface area contributed by atoms with Crippen LogP contribution in [0.1, 0.15) is 17.5 Å². The lowest BCUT2D eigenvalue weighted by atomic mass is 9.68. The van der Waals surface area contributed by atoms with E-state index < -0.39 is 11.5 Å². The van der Waals surface area contributed by atoms with Crippen LogP contribution in [0.25, 0.3) is 0 Å². The molecule has 0 bridgehead atoms. The number of terminal acetylenes is 1. The summed E-state index contributed by atoms with van der Waals surface area (Å²) in [4.78, 5) is 0. The van der Waals surface area contributed by atoms with E-state index >= 15 is 0 Å². The standard InChI is InChI=1S/C22H22O/c1-4-17-22(19-13-9-7-10-14-19,20-15-11-8-12-16-20)21(6-3)23-18-5-2/h3-5,7-16,21H,1-2,17-18H2. The van der Waals surface area contributed by atoms with Gasteiger partial charge in [-0.15, -0.1) is 19.6 Å². The van der Waals surface area contributed by atoms with E-state index in [0.717, 1.165) is 11.1 Å². The van der Waals surface area contributed by atoms with E-state index in [2.05, 4.69) is 43.3 Å². The maximum absolute atomic E-state index is 5.97. The van der Waals surface area contributed by atoms with Gasteiger partial charge in [0.25, 0.3) is 0 Å². The summed E-state index contributed by atoms with van der Waals surface area (Å²) in [5.41, 5.74) is 1.78. The van der Waals surface area contributed by atoms with E-state index in [4.69, 9.17) is 11.2 Å². The number of benzene rings is 2. The Morgan fingerprint density at radius 2 is 1.48 bits per heavy atom. The van der Waals surface area contributed by atoms with Crippen LogP contribution in [0.4, 0.5) is 0 Å². The van der Waals surface area contributed by atoms with Crippen molar-refractivity contribution in [1.29, 1.82) is 0 Å². The summed E-state index contributed by atoms with van der Waals surface area (Å²) in [6, 6.07) is 20.5. The molecule has 0 spiro atoms. The number of hydrogen-bond donors (Lipinski definition) is 0. The van der Waals surface area contributed by atoms with Crippen LogP contribution in [-0.2, 0) is 10.2 Å². The molecule has 0 fully saturated rings. The van der Waals surface area contributed by atoms with Gasteiger partial charge in [0.05, 0.1) is 12.0 Å². The summed E-state index contributed by atoms with van der Waals surface area (Å²) >= 11 is 0. The predicted molar refractivity (Wildman–Crippen MR) is 97.2 cm³/mol. The molecule has 1 atom stereocenters. The van der Waals surface area contributed by atoms with Gasteiger partial charge in [-0.1, -0.05) is 78.7 Å². The molecule has 0 amide bonds. The smallest absolute Gasteiger partial charge is 0.132 e. The van der Waals surface area contributed by atoms with Crippen molar-refractivity contribution in [2.24, 2.45) is 0 Å². The van der Waals surface area contributed by atoms with Crippen LogP contribution in [0.3, 0.4) is 0 Å². The Morgan fingerprint density at radius 3 is 1.87 bits per heavy atom. The number of rotatable bonds is 8. The minimum Gasteiger partial charge on any atom is -0.360 e. The molecule has 0 saturated carbocycles. The van der Waals surface area contributed by atoms with Crippen molar-refractivity contribution in [2.75, 3.05) is 6.61 Å². The average Bonchev–Trinajstić information content (AvgIpc) is 2.62. The zero-order valence-corrected chi connectivity index (χ0v) is 13.3. The van der Waals surface area contributed by atoms with Crippen LogP contribution in [0.15, 0.2) is 86.0 Å². The van der Waals surface area contributed by atoms with Gasteiger partial charge in [-0.25, -0.2) is 0 Å². The summed E-state index contributed by atoms with van der Waals surface area (Å²) in [7, 11) is 0. The monoisotopic (exact) mass is 302 g/mol. The minimum absolute atomic E-state index is 0.410. The first-order valence-corrected chi connectivity index (χ1v) is 7.70. The molecule has 0 aliphatic heterocycles. The molecule has 0 aromatic heterocycles. The van der Waals surface area contributed by atoms with Crippen LogP contribution in [-0.4, -0.2) is 12.7 Å². The van der Waals surface area contributed by atoms with E-state index in [-0.39, 0.29) is 0 Å². The summed E-state index contributed by atoms with van der Waals surface area (Å²) in [6.07, 6.45) is 9.76. The lowest BCUT2D eigenvalue weighted by Crippen LogP contribution is -2.41. The average molecular weight is 302 g/mol. The molecule has 1 nitrogen and oxygen atoms in total. The van der Waals surface area contributed by atoms with Crippen LogP contribution in [0.5, 0.6) is 0 Å². The fourth-order valence-electron chi connectivity index (χ4n) is 3.01. The molecule has 0 heterocycles. The Hall–Kier alpha value is -2.56. The first kappa shape index (κ1) is 16.8. The fourth-order valence-corrected chi connectivity index (χ4v) is 3.01. The first-order valence-electron chi connectivity index (χ1n) is 7.70. The third kappa shape index (κ3) is 3.44. The fraction of sp³-hybridized carbons (Fsp3) is 0.182. The lowest BCUT2D eigenvalue weighted by Gasteiger charge is -2.38. The molecule has 2 rings (SSSR count). The first-order chi connectivity index (χ1) is 11.3. The van der Waals surface area contributed by atoms with Crippen LogP contribution < -0.4 is 0 Å². The summed E-state index contributed by atoms with van der Waals surface area (Å²) in [5.74, 6) is 2.84. The molecule has 2 aromatic rings. The Morgan fingerprint density at radius 1 is 0.957 bits per heavy atom. The Kier molecular flexibility index (Phi) is 5.97. The zero-order valence-electron chi connectivity index (χ0n) is 13.3. The van der Waals surface area contributed by atoms with Crippen molar-refractivity contribution in [1.82, 2.24) is 0 Å². The van der Waals surface area contributed by atoms with E-state index in [9.17, 15) is 0 Å². The van der Waals surface area contributed by atoms with Crippen molar-refractivity contribution in [2.45, 2.75) is 17.9 Å². The number of hydrogen-bond acceptors (Lipinski definition) is 1. The molecule has 1 unspecified atom stereocenters. The molecule has 116 valence electrons. The molecule has 2 aromatic carbocycles. The molecule has 0 saturated heterocycles. The quantitative estimate of drug-likeness (QED) is 0.505. The number of allylic oxidation sites excluding steroid dienone is 1. The van der Waals surface area contributed by atoms with Gasteiger partial charge >= 0.3 is 0 Å². The Labute approximate surface area is 139 Å². The van der Waals surface area contributed by atoms with Gasteiger partial charge in [0.2, 0.25) is 0 Å². The molecule has 0 N–H and O–H groups in total. The van der Waals surface area contributed by atoms with Gasteiger partial charge in [-0.3, -0.25) is 0 Å². The second-order valence-electron chi connectivity index (χ2n) is 5.36. The molecular weight excluding hydrogens is 280 g/mol. The molecule has 1 heteroatoms. The molecule has 0 aliphatic rings. The second kappa shape index (κ2) is 8.17. The normalized spacial score (nSPS) is 12.1. The Bertz CT molecular complexity index is 625. The highest BCUT2D eigenvalue weighted by Crippen LogP contribution is 2.40. The Balaban J connectivity index is 2.67. The third-order valence-corrected chi connectivity index (χ3v) is 4.02. The highest BCUT2D eigenvalue weighted by Gasteiger charge is 2.41.